The van der Waals surface area contributed by atoms with Crippen LogP contribution in [-0.4, -0.2) is 14.3 Å². The monoisotopic (exact) mass is 406 g/mol. The molecule has 0 atom stereocenters. The van der Waals surface area contributed by atoms with Crippen LogP contribution in [0, 0.1) is 17.5 Å². The lowest BCUT2D eigenvalue weighted by Crippen LogP contribution is -2.15. The molecule has 0 aliphatic rings. The Bertz CT molecular complexity index is 1130. The number of amides is 1. The Kier molecular flexibility index (Phi) is 5.36. The lowest BCUT2D eigenvalue weighted by atomic mass is 10.2. The van der Waals surface area contributed by atoms with Gasteiger partial charge in [0, 0.05) is 11.4 Å². The second-order valence-electron chi connectivity index (χ2n) is 5.69. The maximum absolute atomic E-state index is 13.6. The number of halogens is 3. The van der Waals surface area contributed by atoms with Crippen molar-refractivity contribution in [1.29, 1.82) is 0 Å². The molecule has 3 rings (SSSR count). The minimum absolute atomic E-state index is 0.133. The highest BCUT2D eigenvalue weighted by Crippen LogP contribution is 2.20. The number of rotatable bonds is 5. The number of anilines is 2. The van der Waals surface area contributed by atoms with E-state index in [-0.39, 0.29) is 11.3 Å². The average Bonchev–Trinajstić information content (AvgIpc) is 2.65. The molecule has 0 saturated carbocycles. The first-order valence-corrected chi connectivity index (χ1v) is 9.38. The van der Waals surface area contributed by atoms with Gasteiger partial charge >= 0.3 is 0 Å². The average molecular weight is 406 g/mol. The molecular weight excluding hydrogens is 393 g/mol. The van der Waals surface area contributed by atoms with E-state index in [9.17, 15) is 26.4 Å². The van der Waals surface area contributed by atoms with Crippen LogP contribution in [0.1, 0.15) is 10.4 Å². The van der Waals surface area contributed by atoms with Crippen LogP contribution < -0.4 is 10.0 Å². The normalized spacial score (nSPS) is 11.1. The number of hydrogen-bond acceptors (Lipinski definition) is 3. The van der Waals surface area contributed by atoms with E-state index in [2.05, 4.69) is 10.0 Å². The molecule has 0 unspecified atom stereocenters. The first-order valence-electron chi connectivity index (χ1n) is 7.90. The first-order chi connectivity index (χ1) is 13.3. The number of benzene rings is 3. The van der Waals surface area contributed by atoms with Gasteiger partial charge in [0.2, 0.25) is 0 Å². The van der Waals surface area contributed by atoms with Crippen LogP contribution in [0.25, 0.3) is 0 Å². The Morgan fingerprint density at radius 3 is 2.04 bits per heavy atom. The molecular formula is C19H13F3N2O3S. The minimum atomic E-state index is -4.13. The zero-order valence-corrected chi connectivity index (χ0v) is 14.9. The van der Waals surface area contributed by atoms with Crippen molar-refractivity contribution in [1.82, 2.24) is 0 Å². The van der Waals surface area contributed by atoms with E-state index in [0.29, 0.717) is 17.8 Å². The third-order valence-electron chi connectivity index (χ3n) is 3.71. The van der Waals surface area contributed by atoms with Crippen molar-refractivity contribution in [3.05, 3.63) is 89.7 Å². The summed E-state index contributed by atoms with van der Waals surface area (Å²) in [5.41, 5.74) is 0.309. The Hall–Kier alpha value is -3.33. The number of carbonyl (C=O) groups excluding carboxylic acids is 1. The van der Waals surface area contributed by atoms with Crippen molar-refractivity contribution in [2.75, 3.05) is 10.0 Å². The molecule has 9 heteroatoms. The van der Waals surface area contributed by atoms with Crippen LogP contribution in [0.2, 0.25) is 0 Å². The summed E-state index contributed by atoms with van der Waals surface area (Å²) in [6.07, 6.45) is 0. The number of nitrogens with one attached hydrogen (secondary N) is 2. The van der Waals surface area contributed by atoms with E-state index in [1.165, 1.54) is 42.5 Å². The second-order valence-corrected chi connectivity index (χ2v) is 7.38. The summed E-state index contributed by atoms with van der Waals surface area (Å²) in [5.74, 6) is -3.77. The third kappa shape index (κ3) is 4.32. The van der Waals surface area contributed by atoms with Gasteiger partial charge in [-0.1, -0.05) is 12.1 Å². The molecule has 0 aromatic heterocycles. The lowest BCUT2D eigenvalue weighted by molar-refractivity contribution is 0.102. The Morgan fingerprint density at radius 1 is 0.750 bits per heavy atom. The van der Waals surface area contributed by atoms with Gasteiger partial charge in [0.15, 0.2) is 11.6 Å². The lowest BCUT2D eigenvalue weighted by Gasteiger charge is -2.10. The largest absolute Gasteiger partial charge is 0.322 e. The zero-order valence-electron chi connectivity index (χ0n) is 14.1. The molecule has 0 bridgehead atoms. The molecule has 3 aromatic rings. The summed E-state index contributed by atoms with van der Waals surface area (Å²) >= 11 is 0. The number of hydrogen-bond donors (Lipinski definition) is 2. The van der Waals surface area contributed by atoms with Crippen molar-refractivity contribution >= 4 is 27.3 Å². The Morgan fingerprint density at radius 2 is 1.39 bits per heavy atom. The molecule has 2 N–H and O–H groups in total. The van der Waals surface area contributed by atoms with Crippen LogP contribution in [-0.2, 0) is 10.0 Å². The van der Waals surface area contributed by atoms with Crippen LogP contribution in [0.4, 0.5) is 24.5 Å². The van der Waals surface area contributed by atoms with Gasteiger partial charge in [-0.05, 0) is 54.6 Å². The van der Waals surface area contributed by atoms with Crippen LogP contribution in [0.15, 0.2) is 71.6 Å². The highest BCUT2D eigenvalue weighted by molar-refractivity contribution is 7.92. The van der Waals surface area contributed by atoms with Crippen molar-refractivity contribution < 1.29 is 26.4 Å². The van der Waals surface area contributed by atoms with Crippen LogP contribution >= 0.6 is 0 Å². The third-order valence-corrected chi connectivity index (χ3v) is 5.09. The molecule has 5 nitrogen and oxygen atoms in total. The van der Waals surface area contributed by atoms with Crippen LogP contribution in [0.5, 0.6) is 0 Å². The highest BCUT2D eigenvalue weighted by Gasteiger charge is 2.17. The predicted molar refractivity (Wildman–Crippen MR) is 98.0 cm³/mol. The smallest absolute Gasteiger partial charge is 0.261 e. The molecule has 0 saturated heterocycles. The van der Waals surface area contributed by atoms with Crippen LogP contribution in [0.3, 0.4) is 0 Å². The fourth-order valence-corrected chi connectivity index (χ4v) is 3.39. The maximum Gasteiger partial charge on any atom is 0.261 e. The van der Waals surface area contributed by atoms with E-state index >= 15 is 0 Å². The molecule has 144 valence electrons. The van der Waals surface area contributed by atoms with Gasteiger partial charge in [0.25, 0.3) is 15.9 Å². The Balaban J connectivity index is 1.73. The van der Waals surface area contributed by atoms with Crippen molar-refractivity contribution in [3.8, 4) is 0 Å². The van der Waals surface area contributed by atoms with E-state index < -0.39 is 38.3 Å². The van der Waals surface area contributed by atoms with E-state index in [1.807, 2.05) is 0 Å². The molecule has 0 fully saturated rings. The predicted octanol–water partition coefficient (Wildman–Crippen LogP) is 4.16. The number of carbonyl (C=O) groups is 1. The van der Waals surface area contributed by atoms with Crippen molar-refractivity contribution in [2.24, 2.45) is 0 Å². The fraction of sp³-hybridized carbons (Fsp3) is 0. The number of sulfonamides is 1. The summed E-state index contributed by atoms with van der Waals surface area (Å²) in [5, 5.41) is 2.49. The minimum Gasteiger partial charge on any atom is -0.322 e. The molecule has 1 amide bonds. The van der Waals surface area contributed by atoms with Gasteiger partial charge in [-0.25, -0.2) is 21.6 Å². The molecule has 0 spiro atoms. The summed E-state index contributed by atoms with van der Waals surface area (Å²) in [7, 11) is -4.13. The van der Waals surface area contributed by atoms with Gasteiger partial charge in [0.05, 0.1) is 10.5 Å². The van der Waals surface area contributed by atoms with Gasteiger partial charge in [-0.3, -0.25) is 9.52 Å². The van der Waals surface area contributed by atoms with E-state index in [0.717, 1.165) is 12.1 Å². The summed E-state index contributed by atoms with van der Waals surface area (Å²) in [6.45, 7) is 0. The summed E-state index contributed by atoms with van der Waals surface area (Å²) in [4.78, 5) is 11.6. The molecule has 0 heterocycles. The summed E-state index contributed by atoms with van der Waals surface area (Å²) < 4.78 is 66.5. The quantitative estimate of drug-likeness (QED) is 0.668. The standard InChI is InChI=1S/C19H13F3N2O3S/c20-16-4-2-1-3-15(16)19(25)23-12-5-7-13(8-6-12)24-28(26,27)14-9-10-17(21)18(22)11-14/h1-11,24H,(H,23,25). The maximum atomic E-state index is 13.6. The Labute approximate surface area is 158 Å². The van der Waals surface area contributed by atoms with E-state index in [1.54, 1.807) is 0 Å². The molecule has 0 aliphatic carbocycles. The fourth-order valence-electron chi connectivity index (χ4n) is 2.32. The highest BCUT2D eigenvalue weighted by atomic mass is 32.2. The SMILES string of the molecule is O=C(Nc1ccc(NS(=O)(=O)c2ccc(F)c(F)c2)cc1)c1ccccc1F. The van der Waals surface area contributed by atoms with Crippen molar-refractivity contribution in [2.45, 2.75) is 4.90 Å². The van der Waals surface area contributed by atoms with Gasteiger partial charge in [-0.15, -0.1) is 0 Å². The molecule has 3 aromatic carbocycles. The summed E-state index contributed by atoms with van der Waals surface area (Å²) in [6, 6.07) is 13.2. The molecule has 28 heavy (non-hydrogen) atoms. The second kappa shape index (κ2) is 7.73. The van der Waals surface area contributed by atoms with Crippen molar-refractivity contribution in [3.63, 3.8) is 0 Å². The van der Waals surface area contributed by atoms with Gasteiger partial charge in [-0.2, -0.15) is 0 Å². The topological polar surface area (TPSA) is 75.3 Å². The zero-order chi connectivity index (χ0) is 20.3. The van der Waals surface area contributed by atoms with Gasteiger partial charge in [0.1, 0.15) is 5.82 Å². The first kappa shape index (κ1) is 19.4. The molecule has 0 aliphatic heterocycles. The van der Waals surface area contributed by atoms with E-state index in [4.69, 9.17) is 0 Å². The van der Waals surface area contributed by atoms with Gasteiger partial charge < -0.3 is 5.32 Å². The molecule has 0 radical (unpaired) electrons.